The van der Waals surface area contributed by atoms with E-state index in [0.29, 0.717) is 62.0 Å². The summed E-state index contributed by atoms with van der Waals surface area (Å²) < 4.78 is 17.7. The van der Waals surface area contributed by atoms with Gasteiger partial charge in [0.05, 0.1) is 33.7 Å². The summed E-state index contributed by atoms with van der Waals surface area (Å²) in [5.74, 6) is 7.82. The first-order valence-corrected chi connectivity index (χ1v) is 18.3. The molecule has 6 aromatic rings. The van der Waals surface area contributed by atoms with E-state index < -0.39 is 12.0 Å². The average molecular weight is 763 g/mol. The second kappa shape index (κ2) is 17.4. The Morgan fingerprint density at radius 3 is 2.52 bits per heavy atom. The smallest absolute Gasteiger partial charge is 0.326 e. The number of hydrogen-bond donors (Lipinski definition) is 2. The standard InChI is InChI=1S/C41H39ClN6O5S/c1-6-11-34-35(28-16-17-33(37(42)25(28)2)52-21-20-48(3)4)36-39(44-24-45-40(36)54-34)47-30(41(49)50)22-26-12-7-9-14-31(26)53-23-27-18-19-43-38(46-27)29-13-8-10-15-32(29)51-5/h7-10,12-19,24,30H,20-23H2,1-5H3,(H,49,50)(H,44,45,47)/t30-/m1/s1. The summed E-state index contributed by atoms with van der Waals surface area (Å²) in [6, 6.07) is 19.4. The maximum Gasteiger partial charge on any atom is 0.326 e. The van der Waals surface area contributed by atoms with Crippen molar-refractivity contribution in [3.05, 3.63) is 106 Å². The van der Waals surface area contributed by atoms with Crippen molar-refractivity contribution in [1.82, 2.24) is 24.8 Å². The number of carboxylic acids is 1. The first kappa shape index (κ1) is 38.0. The molecule has 0 saturated carbocycles. The molecule has 0 bridgehead atoms. The molecule has 2 N–H and O–H groups in total. The quantitative estimate of drug-likeness (QED) is 0.0995. The van der Waals surface area contributed by atoms with Gasteiger partial charge in [0.25, 0.3) is 0 Å². The minimum absolute atomic E-state index is 0.0954. The molecule has 11 nitrogen and oxygen atoms in total. The second-order valence-corrected chi connectivity index (χ2v) is 13.9. The summed E-state index contributed by atoms with van der Waals surface area (Å²) in [5, 5.41) is 14.9. The van der Waals surface area contributed by atoms with E-state index in [4.69, 9.17) is 30.8 Å². The molecule has 3 aromatic carbocycles. The zero-order valence-electron chi connectivity index (χ0n) is 30.5. The molecule has 0 aliphatic heterocycles. The van der Waals surface area contributed by atoms with Crippen LogP contribution in [0.4, 0.5) is 5.82 Å². The third-order valence-corrected chi connectivity index (χ3v) is 10.1. The fraction of sp³-hybridized carbons (Fsp3) is 0.244. The van der Waals surface area contributed by atoms with Crippen LogP contribution in [0.1, 0.15) is 28.6 Å². The number of benzene rings is 3. The lowest BCUT2D eigenvalue weighted by Crippen LogP contribution is -2.32. The lowest BCUT2D eigenvalue weighted by molar-refractivity contribution is -0.137. The normalized spacial score (nSPS) is 11.5. The second-order valence-electron chi connectivity index (χ2n) is 12.5. The van der Waals surface area contributed by atoms with Gasteiger partial charge in [0.1, 0.15) is 53.5 Å². The molecule has 0 spiro atoms. The molecule has 13 heteroatoms. The average Bonchev–Trinajstić information content (AvgIpc) is 3.54. The van der Waals surface area contributed by atoms with Gasteiger partial charge in [-0.3, -0.25) is 0 Å². The maximum absolute atomic E-state index is 12.9. The van der Waals surface area contributed by atoms with Gasteiger partial charge >= 0.3 is 5.97 Å². The highest BCUT2D eigenvalue weighted by molar-refractivity contribution is 7.19. The first-order valence-electron chi connectivity index (χ1n) is 17.1. The summed E-state index contributed by atoms with van der Waals surface area (Å²) in [6.45, 7) is 5.06. The van der Waals surface area contributed by atoms with Gasteiger partial charge in [0.15, 0.2) is 5.82 Å². The van der Waals surface area contributed by atoms with Crippen molar-refractivity contribution >= 4 is 44.9 Å². The molecule has 6 rings (SSSR count). The number of halogens is 1. The van der Waals surface area contributed by atoms with Gasteiger partial charge in [-0.25, -0.2) is 24.7 Å². The number of methoxy groups -OCH3 is 1. The number of hydrogen-bond acceptors (Lipinski definition) is 11. The van der Waals surface area contributed by atoms with Crippen molar-refractivity contribution < 1.29 is 24.1 Å². The molecule has 276 valence electrons. The van der Waals surface area contributed by atoms with Crippen LogP contribution in [0.3, 0.4) is 0 Å². The Labute approximate surface area is 323 Å². The molecule has 0 aliphatic rings. The maximum atomic E-state index is 12.9. The van der Waals surface area contributed by atoms with Crippen molar-refractivity contribution in [3.8, 4) is 51.6 Å². The lowest BCUT2D eigenvalue weighted by Gasteiger charge is -2.19. The zero-order valence-corrected chi connectivity index (χ0v) is 32.1. The van der Waals surface area contributed by atoms with Gasteiger partial charge in [-0.2, -0.15) is 0 Å². The summed E-state index contributed by atoms with van der Waals surface area (Å²) in [5.41, 5.74) is 4.50. The van der Waals surface area contributed by atoms with Crippen molar-refractivity contribution in [2.24, 2.45) is 0 Å². The zero-order chi connectivity index (χ0) is 38.2. The molecule has 3 aromatic heterocycles. The molecule has 0 aliphatic carbocycles. The van der Waals surface area contributed by atoms with Crippen LogP contribution < -0.4 is 19.5 Å². The number of rotatable bonds is 15. The number of ether oxygens (including phenoxy) is 3. The number of carbonyl (C=O) groups is 1. The van der Waals surface area contributed by atoms with Crippen LogP contribution in [0.2, 0.25) is 5.02 Å². The van der Waals surface area contributed by atoms with Crippen molar-refractivity contribution in [1.29, 1.82) is 0 Å². The monoisotopic (exact) mass is 762 g/mol. The molecule has 3 heterocycles. The molecule has 0 saturated heterocycles. The van der Waals surface area contributed by atoms with Gasteiger partial charge < -0.3 is 29.5 Å². The van der Waals surface area contributed by atoms with E-state index in [1.165, 1.54) is 17.7 Å². The Hall–Kier alpha value is -5.74. The van der Waals surface area contributed by atoms with E-state index in [-0.39, 0.29) is 13.0 Å². The molecular formula is C41H39ClN6O5S. The van der Waals surface area contributed by atoms with Crippen LogP contribution in [0.5, 0.6) is 17.2 Å². The SMILES string of the molecule is CC#Cc1sc2ncnc(N[C@H](Cc3ccccc3OCc3ccnc(-c4ccccc4OC)n3)C(=O)O)c2c1-c1ccc(OCCN(C)C)c(Cl)c1C. The van der Waals surface area contributed by atoms with E-state index in [9.17, 15) is 9.90 Å². The Bertz CT molecular complexity index is 2350. The summed E-state index contributed by atoms with van der Waals surface area (Å²) in [6.07, 6.45) is 3.19. The summed E-state index contributed by atoms with van der Waals surface area (Å²) in [4.78, 5) is 34.5. The molecule has 54 heavy (non-hydrogen) atoms. The molecular weight excluding hydrogens is 724 g/mol. The van der Waals surface area contributed by atoms with Gasteiger partial charge in [-0.1, -0.05) is 53.9 Å². The predicted molar refractivity (Wildman–Crippen MR) is 213 cm³/mol. The van der Waals surface area contributed by atoms with E-state index in [2.05, 4.69) is 32.1 Å². The Balaban J connectivity index is 1.28. The number of anilines is 1. The van der Waals surface area contributed by atoms with Crippen LogP contribution in [0.25, 0.3) is 32.7 Å². The molecule has 0 radical (unpaired) electrons. The highest BCUT2D eigenvalue weighted by atomic mass is 35.5. The third kappa shape index (κ3) is 8.55. The van der Waals surface area contributed by atoms with E-state index in [1.54, 1.807) is 26.3 Å². The van der Waals surface area contributed by atoms with Crippen LogP contribution in [0, 0.1) is 18.8 Å². The van der Waals surface area contributed by atoms with E-state index in [0.717, 1.165) is 33.7 Å². The number of nitrogens with zero attached hydrogens (tertiary/aromatic N) is 5. The lowest BCUT2D eigenvalue weighted by atomic mass is 9.97. The number of fused-ring (bicyclic) bond motifs is 1. The number of para-hydroxylation sites is 2. The Kier molecular flexibility index (Phi) is 12.2. The highest BCUT2D eigenvalue weighted by Crippen LogP contribution is 2.45. The van der Waals surface area contributed by atoms with Crippen LogP contribution in [0.15, 0.2) is 79.3 Å². The number of nitrogens with one attached hydrogen (secondary N) is 1. The molecule has 1 atom stereocenters. The number of likely N-dealkylation sites (N-methyl/N-ethyl adjacent to an activating group) is 1. The number of aliphatic carboxylic acids is 1. The van der Waals surface area contributed by atoms with Crippen LogP contribution in [-0.2, 0) is 17.8 Å². The predicted octanol–water partition coefficient (Wildman–Crippen LogP) is 7.78. The fourth-order valence-electron chi connectivity index (χ4n) is 5.87. The summed E-state index contributed by atoms with van der Waals surface area (Å²) in [7, 11) is 5.56. The Morgan fingerprint density at radius 2 is 1.76 bits per heavy atom. The number of aromatic nitrogens is 4. The van der Waals surface area contributed by atoms with Gasteiger partial charge in [-0.05, 0) is 75.0 Å². The van der Waals surface area contributed by atoms with Crippen LogP contribution in [-0.4, -0.2) is 76.3 Å². The van der Waals surface area contributed by atoms with Crippen molar-refractivity contribution in [2.75, 3.05) is 39.7 Å². The highest BCUT2D eigenvalue weighted by Gasteiger charge is 2.26. The third-order valence-electron chi connectivity index (χ3n) is 8.59. The van der Waals surface area contributed by atoms with E-state index in [1.807, 2.05) is 86.6 Å². The van der Waals surface area contributed by atoms with Gasteiger partial charge in [0, 0.05) is 24.7 Å². The van der Waals surface area contributed by atoms with Crippen LogP contribution >= 0.6 is 22.9 Å². The minimum atomic E-state index is -1.07. The topological polar surface area (TPSA) is 132 Å². The number of thiophene rings is 1. The van der Waals surface area contributed by atoms with Crippen molar-refractivity contribution in [3.63, 3.8) is 0 Å². The summed E-state index contributed by atoms with van der Waals surface area (Å²) >= 11 is 8.29. The molecule has 0 amide bonds. The van der Waals surface area contributed by atoms with Crippen molar-refractivity contribution in [2.45, 2.75) is 32.9 Å². The fourth-order valence-corrected chi connectivity index (χ4v) is 7.15. The molecule has 0 fully saturated rings. The minimum Gasteiger partial charge on any atom is -0.496 e. The van der Waals surface area contributed by atoms with E-state index >= 15 is 0 Å². The first-order chi connectivity index (χ1) is 26.2. The Morgan fingerprint density at radius 1 is 0.981 bits per heavy atom. The largest absolute Gasteiger partial charge is 0.496 e. The molecule has 0 unspecified atom stereocenters. The van der Waals surface area contributed by atoms with Gasteiger partial charge in [-0.15, -0.1) is 17.3 Å². The van der Waals surface area contributed by atoms with Gasteiger partial charge in [0.2, 0.25) is 0 Å². The number of carboxylic acid groups (broad SMARTS) is 1.